The van der Waals surface area contributed by atoms with Crippen molar-refractivity contribution in [3.05, 3.63) is 107 Å². The van der Waals surface area contributed by atoms with Gasteiger partial charge >= 0.3 is 0 Å². The van der Waals surface area contributed by atoms with E-state index in [0.29, 0.717) is 17.1 Å². The van der Waals surface area contributed by atoms with Crippen LogP contribution in [0.1, 0.15) is 114 Å². The Morgan fingerprint density at radius 2 is 0.772 bits per heavy atom. The number of rotatable bonds is 30. The van der Waals surface area contributed by atoms with Crippen LogP contribution in [0.3, 0.4) is 0 Å². The van der Waals surface area contributed by atoms with Crippen LogP contribution in [0.5, 0.6) is 0 Å². The van der Waals surface area contributed by atoms with E-state index in [1.807, 2.05) is 36.4 Å². The number of benzene rings is 2. The maximum Gasteiger partial charge on any atom is 0.137 e. The number of unbranched alkanes of at least 4 members (excludes halogenated alkanes) is 12. The molecular formula is C48H66N4O5. The van der Waals surface area contributed by atoms with Crippen molar-refractivity contribution in [2.45, 2.75) is 103 Å². The molecule has 0 amide bonds. The van der Waals surface area contributed by atoms with Gasteiger partial charge < -0.3 is 35.0 Å². The van der Waals surface area contributed by atoms with Gasteiger partial charge in [0.2, 0.25) is 0 Å². The average Bonchev–Trinajstić information content (AvgIpc) is 3.24. The molecule has 0 unspecified atom stereocenters. The molecule has 0 saturated carbocycles. The van der Waals surface area contributed by atoms with Crippen LogP contribution in [-0.4, -0.2) is 73.0 Å². The van der Waals surface area contributed by atoms with Crippen molar-refractivity contribution < 1.29 is 25.2 Å². The average molecular weight is 779 g/mol. The van der Waals surface area contributed by atoms with E-state index < -0.39 is 0 Å². The largest absolute Gasteiger partial charge is 0.457 e. The van der Waals surface area contributed by atoms with E-state index in [0.717, 1.165) is 140 Å². The number of nitriles is 2. The van der Waals surface area contributed by atoms with Crippen molar-refractivity contribution in [2.75, 3.05) is 62.4 Å². The molecule has 57 heavy (non-hydrogen) atoms. The summed E-state index contributed by atoms with van der Waals surface area (Å²) >= 11 is 0. The summed E-state index contributed by atoms with van der Waals surface area (Å²) in [5, 5.41) is 55.9. The van der Waals surface area contributed by atoms with Gasteiger partial charge in [0.15, 0.2) is 0 Å². The second-order valence-corrected chi connectivity index (χ2v) is 14.6. The van der Waals surface area contributed by atoms with E-state index in [9.17, 15) is 10.5 Å². The van der Waals surface area contributed by atoms with Crippen LogP contribution in [-0.2, 0) is 4.74 Å². The third-order valence-electron chi connectivity index (χ3n) is 10.1. The minimum atomic E-state index is 0.0180. The predicted molar refractivity (Wildman–Crippen MR) is 233 cm³/mol. The molecule has 0 spiro atoms. The molecule has 1 aliphatic rings. The molecule has 0 radical (unpaired) electrons. The molecule has 1 heterocycles. The lowest BCUT2D eigenvalue weighted by Gasteiger charge is -2.25. The van der Waals surface area contributed by atoms with E-state index in [1.165, 1.54) is 11.4 Å². The van der Waals surface area contributed by atoms with Gasteiger partial charge in [-0.15, -0.1) is 0 Å². The molecule has 0 aromatic heterocycles. The van der Waals surface area contributed by atoms with Crippen molar-refractivity contribution in [2.24, 2.45) is 0 Å². The van der Waals surface area contributed by atoms with Gasteiger partial charge in [0.05, 0.1) is 0 Å². The Morgan fingerprint density at radius 3 is 1.07 bits per heavy atom. The van der Waals surface area contributed by atoms with Gasteiger partial charge in [0, 0.05) is 69.6 Å². The second-order valence-electron chi connectivity index (χ2n) is 14.6. The number of aliphatic hydroxyl groups is 4. The predicted octanol–water partition coefficient (Wildman–Crippen LogP) is 9.38. The van der Waals surface area contributed by atoms with E-state index >= 15 is 0 Å². The highest BCUT2D eigenvalue weighted by molar-refractivity contribution is 5.62. The van der Waals surface area contributed by atoms with Gasteiger partial charge in [-0.2, -0.15) is 10.5 Å². The molecular weight excluding hydrogens is 713 g/mol. The van der Waals surface area contributed by atoms with Crippen LogP contribution in [0.25, 0.3) is 12.2 Å². The smallest absolute Gasteiger partial charge is 0.137 e. The molecule has 308 valence electrons. The maximum absolute atomic E-state index is 9.66. The number of hydrogen-bond donors (Lipinski definition) is 4. The Balaban J connectivity index is 1.70. The zero-order chi connectivity index (χ0) is 40.8. The molecule has 3 rings (SSSR count). The topological polar surface area (TPSA) is 144 Å². The van der Waals surface area contributed by atoms with E-state index in [2.05, 4.69) is 58.3 Å². The number of aliphatic hydroxyl groups excluding tert-OH is 4. The molecule has 0 bridgehead atoms. The first kappa shape index (κ1) is 46.7. The quantitative estimate of drug-likeness (QED) is 0.0451. The first-order valence-electron chi connectivity index (χ1n) is 21.2. The minimum Gasteiger partial charge on any atom is -0.457 e. The van der Waals surface area contributed by atoms with Crippen LogP contribution < -0.4 is 9.80 Å². The number of ether oxygens (including phenoxy) is 1. The molecule has 2 aromatic rings. The molecule has 0 atom stereocenters. The van der Waals surface area contributed by atoms with Crippen LogP contribution in [0.15, 0.2) is 95.5 Å². The SMILES string of the molecule is N#CC(C#N)=C1C=C(/C=C/c2ccc(N(CCCCCCO)CCCCCCO)cc2)OC(/C=C/c2ccc(N(CCCCCCO)CCCCCCO)cc2)=C1. The third-order valence-corrected chi connectivity index (χ3v) is 10.1. The summed E-state index contributed by atoms with van der Waals surface area (Å²) < 4.78 is 6.23. The molecule has 4 N–H and O–H groups in total. The number of allylic oxidation sites excluding steroid dienone is 6. The highest BCUT2D eigenvalue weighted by Gasteiger charge is 2.13. The fourth-order valence-corrected chi connectivity index (χ4v) is 6.77. The molecule has 0 saturated heterocycles. The van der Waals surface area contributed by atoms with Gasteiger partial charge in [-0.3, -0.25) is 0 Å². The summed E-state index contributed by atoms with van der Waals surface area (Å²) in [6.07, 6.45) is 27.2. The Bertz CT molecular complexity index is 1500. The summed E-state index contributed by atoms with van der Waals surface area (Å²) in [6.45, 7) is 4.81. The maximum atomic E-state index is 9.66. The van der Waals surface area contributed by atoms with Crippen LogP contribution in [0.2, 0.25) is 0 Å². The fourth-order valence-electron chi connectivity index (χ4n) is 6.77. The Hall–Kier alpha value is -4.64. The van der Waals surface area contributed by atoms with Gasteiger partial charge in [-0.25, -0.2) is 0 Å². The molecule has 0 fully saturated rings. The van der Waals surface area contributed by atoms with Gasteiger partial charge in [0.25, 0.3) is 0 Å². The standard InChI is InChI=1S/C48H66N4O5/c49-39-44(40-50)43-37-47(27-21-41-17-23-45(24-18-41)51(29-9-1-5-13-33-53)30-10-2-6-14-34-54)57-48(38-43)28-22-42-19-25-46(26-20-42)52(31-11-3-7-15-35-55)32-12-4-8-16-36-56/h17-28,37-38,53-56H,1-16,29-36H2/b27-21+,28-22+. The number of hydrogen-bond acceptors (Lipinski definition) is 9. The lowest BCUT2D eigenvalue weighted by Crippen LogP contribution is -2.25. The highest BCUT2D eigenvalue weighted by atomic mass is 16.5. The minimum absolute atomic E-state index is 0.0180. The fraction of sp³-hybridized carbons (Fsp3) is 0.500. The first-order chi connectivity index (χ1) is 28.0. The molecule has 0 aliphatic carbocycles. The monoisotopic (exact) mass is 779 g/mol. The zero-order valence-corrected chi connectivity index (χ0v) is 34.0. The Labute approximate surface area is 342 Å². The van der Waals surface area contributed by atoms with Crippen molar-refractivity contribution >= 4 is 23.5 Å². The number of anilines is 2. The van der Waals surface area contributed by atoms with E-state index in [-0.39, 0.29) is 32.0 Å². The van der Waals surface area contributed by atoms with Crippen molar-refractivity contribution in [1.29, 1.82) is 10.5 Å². The molecule has 1 aliphatic heterocycles. The lowest BCUT2D eigenvalue weighted by atomic mass is 10.0. The van der Waals surface area contributed by atoms with Crippen LogP contribution in [0, 0.1) is 22.7 Å². The summed E-state index contributed by atoms with van der Waals surface area (Å²) in [5.74, 6) is 1.05. The molecule has 9 heteroatoms. The summed E-state index contributed by atoms with van der Waals surface area (Å²) in [4.78, 5) is 4.86. The molecule has 2 aromatic carbocycles. The molecule has 9 nitrogen and oxygen atoms in total. The van der Waals surface area contributed by atoms with Crippen LogP contribution >= 0.6 is 0 Å². The van der Waals surface area contributed by atoms with Gasteiger partial charge in [-0.05, 0) is 111 Å². The Morgan fingerprint density at radius 1 is 0.456 bits per heavy atom. The Kier molecular flexibility index (Phi) is 24.3. The summed E-state index contributed by atoms with van der Waals surface area (Å²) in [6, 6.07) is 20.9. The third kappa shape index (κ3) is 18.9. The van der Waals surface area contributed by atoms with Gasteiger partial charge in [0.1, 0.15) is 29.2 Å². The van der Waals surface area contributed by atoms with E-state index in [1.54, 1.807) is 12.2 Å². The van der Waals surface area contributed by atoms with Crippen molar-refractivity contribution in [3.8, 4) is 12.1 Å². The van der Waals surface area contributed by atoms with Crippen molar-refractivity contribution in [3.63, 3.8) is 0 Å². The first-order valence-corrected chi connectivity index (χ1v) is 21.2. The second kappa shape index (κ2) is 29.6. The highest BCUT2D eigenvalue weighted by Crippen LogP contribution is 2.26. The normalized spacial score (nSPS) is 12.6. The van der Waals surface area contributed by atoms with Crippen LogP contribution in [0.4, 0.5) is 11.4 Å². The van der Waals surface area contributed by atoms with Gasteiger partial charge in [-0.1, -0.05) is 87.8 Å². The van der Waals surface area contributed by atoms with Crippen molar-refractivity contribution in [1.82, 2.24) is 0 Å². The van der Waals surface area contributed by atoms with E-state index in [4.69, 9.17) is 25.2 Å². The summed E-state index contributed by atoms with van der Waals surface area (Å²) in [7, 11) is 0. The number of nitrogens with zero attached hydrogens (tertiary/aromatic N) is 4. The zero-order valence-electron chi connectivity index (χ0n) is 34.0. The summed E-state index contributed by atoms with van der Waals surface area (Å²) in [5.41, 5.74) is 4.85. The lowest BCUT2D eigenvalue weighted by molar-refractivity contribution is 0.282.